The van der Waals surface area contributed by atoms with Crippen LogP contribution in [-0.2, 0) is 0 Å². The molecule has 1 amide bonds. The van der Waals surface area contributed by atoms with Crippen molar-refractivity contribution in [2.75, 3.05) is 11.9 Å². The predicted molar refractivity (Wildman–Crippen MR) is 104 cm³/mol. The summed E-state index contributed by atoms with van der Waals surface area (Å²) in [7, 11) is 0. The number of amides is 1. The number of aromatic carboxylic acids is 1. The third-order valence-electron chi connectivity index (χ3n) is 4.05. The van der Waals surface area contributed by atoms with E-state index >= 15 is 0 Å². The number of rotatable bonds is 6. The Morgan fingerprint density at radius 1 is 0.852 bits per heavy atom. The van der Waals surface area contributed by atoms with Gasteiger partial charge in [-0.3, -0.25) is 4.79 Å². The van der Waals surface area contributed by atoms with E-state index in [1.807, 2.05) is 19.1 Å². The van der Waals surface area contributed by atoms with E-state index in [0.717, 1.165) is 0 Å². The van der Waals surface area contributed by atoms with Crippen LogP contribution in [0.3, 0.4) is 0 Å². The average molecular weight is 361 g/mol. The summed E-state index contributed by atoms with van der Waals surface area (Å²) >= 11 is 0. The van der Waals surface area contributed by atoms with Crippen LogP contribution in [0.25, 0.3) is 11.1 Å². The van der Waals surface area contributed by atoms with Crippen molar-refractivity contribution in [3.05, 3.63) is 83.9 Å². The SMILES string of the molecule is CCOc1ccccc1NC(=O)c1ccccc1-c1ccccc1C(=O)O. The summed E-state index contributed by atoms with van der Waals surface area (Å²) in [5, 5.41) is 12.3. The van der Waals surface area contributed by atoms with Gasteiger partial charge in [0, 0.05) is 5.56 Å². The highest BCUT2D eigenvalue weighted by Crippen LogP contribution is 2.29. The fourth-order valence-corrected chi connectivity index (χ4v) is 2.86. The molecule has 0 aliphatic carbocycles. The first-order valence-electron chi connectivity index (χ1n) is 8.56. The molecule has 3 aromatic rings. The van der Waals surface area contributed by atoms with Crippen molar-refractivity contribution in [1.29, 1.82) is 0 Å². The van der Waals surface area contributed by atoms with Crippen LogP contribution in [-0.4, -0.2) is 23.6 Å². The molecule has 3 rings (SSSR count). The maximum absolute atomic E-state index is 12.9. The molecule has 0 atom stereocenters. The number of hydrogen-bond acceptors (Lipinski definition) is 3. The van der Waals surface area contributed by atoms with Crippen molar-refractivity contribution < 1.29 is 19.4 Å². The van der Waals surface area contributed by atoms with Gasteiger partial charge in [0.05, 0.1) is 17.9 Å². The molecule has 136 valence electrons. The van der Waals surface area contributed by atoms with Crippen LogP contribution < -0.4 is 10.1 Å². The normalized spacial score (nSPS) is 10.3. The average Bonchev–Trinajstić information content (AvgIpc) is 2.69. The van der Waals surface area contributed by atoms with E-state index in [0.29, 0.717) is 34.7 Å². The quantitative estimate of drug-likeness (QED) is 0.667. The second-order valence-corrected chi connectivity index (χ2v) is 5.78. The molecule has 0 aliphatic heterocycles. The second-order valence-electron chi connectivity index (χ2n) is 5.78. The Kier molecular flexibility index (Phi) is 5.52. The van der Waals surface area contributed by atoms with Crippen LogP contribution in [0.1, 0.15) is 27.6 Å². The summed E-state index contributed by atoms with van der Waals surface area (Å²) in [5.41, 5.74) is 2.14. The summed E-state index contributed by atoms with van der Waals surface area (Å²) in [4.78, 5) is 24.5. The molecule has 0 radical (unpaired) electrons. The summed E-state index contributed by atoms with van der Waals surface area (Å²) in [6.07, 6.45) is 0. The lowest BCUT2D eigenvalue weighted by molar-refractivity contribution is 0.0697. The molecule has 0 heterocycles. The van der Waals surface area contributed by atoms with E-state index in [2.05, 4.69) is 5.32 Å². The Balaban J connectivity index is 2.00. The zero-order chi connectivity index (χ0) is 19.2. The van der Waals surface area contributed by atoms with Crippen LogP contribution in [0, 0.1) is 0 Å². The number of anilines is 1. The smallest absolute Gasteiger partial charge is 0.336 e. The van der Waals surface area contributed by atoms with Gasteiger partial charge in [0.1, 0.15) is 5.75 Å². The highest BCUT2D eigenvalue weighted by molar-refractivity contribution is 6.10. The van der Waals surface area contributed by atoms with Gasteiger partial charge in [0.15, 0.2) is 0 Å². The Morgan fingerprint density at radius 3 is 2.07 bits per heavy atom. The van der Waals surface area contributed by atoms with E-state index in [1.165, 1.54) is 6.07 Å². The number of para-hydroxylation sites is 2. The molecule has 0 aromatic heterocycles. The Bertz CT molecular complexity index is 981. The molecule has 0 bridgehead atoms. The molecule has 3 aromatic carbocycles. The minimum atomic E-state index is -1.04. The third kappa shape index (κ3) is 3.98. The standard InChI is InChI=1S/C22H19NO4/c1-2-27-20-14-8-7-13-19(20)23-21(24)17-11-5-3-9-15(17)16-10-4-6-12-18(16)22(25)26/h3-14H,2H2,1H3,(H,23,24)(H,25,26). The van der Waals surface area contributed by atoms with Gasteiger partial charge < -0.3 is 15.2 Å². The Hall–Kier alpha value is -3.60. The molecule has 2 N–H and O–H groups in total. The number of carbonyl (C=O) groups is 2. The minimum absolute atomic E-state index is 0.146. The van der Waals surface area contributed by atoms with Crippen molar-refractivity contribution in [2.45, 2.75) is 6.92 Å². The van der Waals surface area contributed by atoms with Gasteiger partial charge in [0.2, 0.25) is 0 Å². The Morgan fingerprint density at radius 2 is 1.41 bits per heavy atom. The fraction of sp³-hybridized carbons (Fsp3) is 0.0909. The van der Waals surface area contributed by atoms with Crippen LogP contribution >= 0.6 is 0 Å². The predicted octanol–water partition coefficient (Wildman–Crippen LogP) is 4.70. The molecule has 0 spiro atoms. The van der Waals surface area contributed by atoms with Crippen LogP contribution in [0.4, 0.5) is 5.69 Å². The number of carboxylic acids is 1. The van der Waals surface area contributed by atoms with Gasteiger partial charge in [-0.2, -0.15) is 0 Å². The van der Waals surface area contributed by atoms with Crippen molar-refractivity contribution in [3.63, 3.8) is 0 Å². The highest BCUT2D eigenvalue weighted by atomic mass is 16.5. The molecule has 0 saturated heterocycles. The van der Waals surface area contributed by atoms with Crippen molar-refractivity contribution in [1.82, 2.24) is 0 Å². The maximum atomic E-state index is 12.9. The molecule has 0 unspecified atom stereocenters. The summed E-state index contributed by atoms with van der Waals surface area (Å²) in [6.45, 7) is 2.35. The van der Waals surface area contributed by atoms with E-state index in [1.54, 1.807) is 54.6 Å². The molecule has 0 fully saturated rings. The number of carboxylic acid groups (broad SMARTS) is 1. The lowest BCUT2D eigenvalue weighted by atomic mass is 9.95. The van der Waals surface area contributed by atoms with Crippen molar-refractivity contribution in [2.24, 2.45) is 0 Å². The lowest BCUT2D eigenvalue weighted by Crippen LogP contribution is -2.14. The molecular formula is C22H19NO4. The monoisotopic (exact) mass is 361 g/mol. The van der Waals surface area contributed by atoms with E-state index in [-0.39, 0.29) is 11.5 Å². The zero-order valence-electron chi connectivity index (χ0n) is 14.8. The van der Waals surface area contributed by atoms with Crippen LogP contribution in [0.15, 0.2) is 72.8 Å². The van der Waals surface area contributed by atoms with Gasteiger partial charge in [-0.15, -0.1) is 0 Å². The second kappa shape index (κ2) is 8.19. The number of ether oxygens (including phenoxy) is 1. The molecule has 0 aliphatic rings. The Labute approximate surface area is 157 Å². The van der Waals surface area contributed by atoms with Gasteiger partial charge in [-0.05, 0) is 42.3 Å². The molecule has 0 saturated carbocycles. The molecule has 5 heteroatoms. The largest absolute Gasteiger partial charge is 0.492 e. The molecular weight excluding hydrogens is 342 g/mol. The number of nitrogens with one attached hydrogen (secondary N) is 1. The lowest BCUT2D eigenvalue weighted by Gasteiger charge is -2.14. The fourth-order valence-electron chi connectivity index (χ4n) is 2.86. The first-order chi connectivity index (χ1) is 13.1. The number of carbonyl (C=O) groups excluding carboxylic acids is 1. The minimum Gasteiger partial charge on any atom is -0.492 e. The van der Waals surface area contributed by atoms with E-state index in [4.69, 9.17) is 4.74 Å². The highest BCUT2D eigenvalue weighted by Gasteiger charge is 2.18. The summed E-state index contributed by atoms with van der Waals surface area (Å²) < 4.78 is 5.55. The number of hydrogen-bond donors (Lipinski definition) is 2. The topological polar surface area (TPSA) is 75.6 Å². The first kappa shape index (κ1) is 18.2. The van der Waals surface area contributed by atoms with Crippen molar-refractivity contribution >= 4 is 17.6 Å². The first-order valence-corrected chi connectivity index (χ1v) is 8.56. The van der Waals surface area contributed by atoms with Crippen LogP contribution in [0.5, 0.6) is 5.75 Å². The van der Waals surface area contributed by atoms with Gasteiger partial charge in [-0.1, -0.05) is 48.5 Å². The van der Waals surface area contributed by atoms with Crippen molar-refractivity contribution in [3.8, 4) is 16.9 Å². The summed E-state index contributed by atoms with van der Waals surface area (Å²) in [5.74, 6) is -0.794. The third-order valence-corrected chi connectivity index (χ3v) is 4.05. The molecule has 27 heavy (non-hydrogen) atoms. The zero-order valence-corrected chi connectivity index (χ0v) is 14.8. The van der Waals surface area contributed by atoms with Gasteiger partial charge in [0.25, 0.3) is 5.91 Å². The summed E-state index contributed by atoms with van der Waals surface area (Å²) in [6, 6.07) is 20.8. The van der Waals surface area contributed by atoms with Gasteiger partial charge in [-0.25, -0.2) is 4.79 Å². The number of benzene rings is 3. The van der Waals surface area contributed by atoms with E-state index in [9.17, 15) is 14.7 Å². The molecule has 5 nitrogen and oxygen atoms in total. The van der Waals surface area contributed by atoms with E-state index < -0.39 is 5.97 Å². The maximum Gasteiger partial charge on any atom is 0.336 e. The van der Waals surface area contributed by atoms with Gasteiger partial charge >= 0.3 is 5.97 Å². The van der Waals surface area contributed by atoms with Crippen LogP contribution in [0.2, 0.25) is 0 Å².